The molecule has 0 aliphatic carbocycles. The Labute approximate surface area is 165 Å². The van der Waals surface area contributed by atoms with Crippen LogP contribution in [-0.2, 0) is 9.47 Å². The Balaban J connectivity index is 1.92. The molecule has 2 aromatic carbocycles. The van der Waals surface area contributed by atoms with Gasteiger partial charge in [0.15, 0.2) is 5.79 Å². The van der Waals surface area contributed by atoms with Crippen molar-refractivity contribution < 1.29 is 28.5 Å². The number of hydrogen-bond donors (Lipinski definition) is 0. The highest BCUT2D eigenvalue weighted by Gasteiger charge is 2.33. The van der Waals surface area contributed by atoms with E-state index in [9.17, 15) is 4.79 Å². The summed E-state index contributed by atoms with van der Waals surface area (Å²) in [6.07, 6.45) is 0.707. The van der Waals surface area contributed by atoms with Crippen LogP contribution in [0.4, 0.5) is 0 Å². The second-order valence-electron chi connectivity index (χ2n) is 7.10. The van der Waals surface area contributed by atoms with E-state index in [1.165, 1.54) is 0 Å². The van der Waals surface area contributed by atoms with E-state index in [4.69, 9.17) is 23.7 Å². The van der Waals surface area contributed by atoms with Crippen LogP contribution in [0.25, 0.3) is 11.1 Å². The maximum atomic E-state index is 11.3. The lowest BCUT2D eigenvalue weighted by Gasteiger charge is -2.19. The third kappa shape index (κ3) is 4.13. The number of hydrogen-bond acceptors (Lipinski definition) is 6. The molecule has 0 spiro atoms. The SMILES string of the molecule is COc1cc(OCC2COC(C)(C)O2)cc(OC)c1-c1cccc(C=O)c1C. The number of benzene rings is 2. The van der Waals surface area contributed by atoms with Crippen LogP contribution in [0.3, 0.4) is 0 Å². The molecule has 1 saturated heterocycles. The Morgan fingerprint density at radius 3 is 2.39 bits per heavy atom. The summed E-state index contributed by atoms with van der Waals surface area (Å²) >= 11 is 0. The fraction of sp³-hybridized carbons (Fsp3) is 0.409. The summed E-state index contributed by atoms with van der Waals surface area (Å²) in [7, 11) is 3.19. The number of carbonyl (C=O) groups excluding carboxylic acids is 1. The van der Waals surface area contributed by atoms with Crippen LogP contribution < -0.4 is 14.2 Å². The van der Waals surface area contributed by atoms with E-state index >= 15 is 0 Å². The molecular weight excluding hydrogens is 360 g/mol. The van der Waals surface area contributed by atoms with Crippen molar-refractivity contribution >= 4 is 6.29 Å². The quantitative estimate of drug-likeness (QED) is 0.670. The van der Waals surface area contributed by atoms with Gasteiger partial charge in [-0.05, 0) is 31.9 Å². The highest BCUT2D eigenvalue weighted by molar-refractivity contribution is 5.87. The first-order chi connectivity index (χ1) is 13.4. The zero-order valence-electron chi connectivity index (χ0n) is 16.9. The maximum Gasteiger partial charge on any atom is 0.163 e. The highest BCUT2D eigenvalue weighted by atomic mass is 16.7. The molecule has 1 aliphatic rings. The molecule has 0 bridgehead atoms. The summed E-state index contributed by atoms with van der Waals surface area (Å²) in [6, 6.07) is 9.19. The van der Waals surface area contributed by atoms with Gasteiger partial charge in [0, 0.05) is 17.7 Å². The second-order valence-corrected chi connectivity index (χ2v) is 7.10. The molecule has 6 heteroatoms. The van der Waals surface area contributed by atoms with Crippen LogP contribution in [-0.4, -0.2) is 45.6 Å². The molecule has 0 saturated carbocycles. The standard InChI is InChI=1S/C22H26O6/c1-14-15(11-23)7-6-8-18(14)21-19(24-4)9-16(10-20(21)25-5)26-12-17-13-27-22(2,3)28-17/h6-11,17H,12-13H2,1-5H3. The predicted octanol–water partition coefficient (Wildman–Crippen LogP) is 4.02. The lowest BCUT2D eigenvalue weighted by atomic mass is 9.95. The average Bonchev–Trinajstić information content (AvgIpc) is 3.04. The third-order valence-corrected chi connectivity index (χ3v) is 4.75. The first-order valence-electron chi connectivity index (χ1n) is 9.14. The Hall–Kier alpha value is -2.57. The first-order valence-corrected chi connectivity index (χ1v) is 9.14. The van der Waals surface area contributed by atoms with Crippen LogP contribution in [0, 0.1) is 6.92 Å². The van der Waals surface area contributed by atoms with E-state index in [2.05, 4.69) is 0 Å². The van der Waals surface area contributed by atoms with Crippen molar-refractivity contribution in [3.63, 3.8) is 0 Å². The molecule has 0 amide bonds. The molecule has 3 rings (SSSR count). The van der Waals surface area contributed by atoms with Crippen LogP contribution >= 0.6 is 0 Å². The van der Waals surface area contributed by atoms with E-state index in [-0.39, 0.29) is 6.10 Å². The van der Waals surface area contributed by atoms with Gasteiger partial charge >= 0.3 is 0 Å². The topological polar surface area (TPSA) is 63.2 Å². The van der Waals surface area contributed by atoms with Crippen molar-refractivity contribution in [2.75, 3.05) is 27.4 Å². The molecule has 0 aromatic heterocycles. The van der Waals surface area contributed by atoms with Crippen molar-refractivity contribution in [3.05, 3.63) is 41.5 Å². The monoisotopic (exact) mass is 386 g/mol. The van der Waals surface area contributed by atoms with Crippen molar-refractivity contribution in [1.29, 1.82) is 0 Å². The summed E-state index contributed by atoms with van der Waals surface area (Å²) in [5.74, 6) is 1.22. The van der Waals surface area contributed by atoms with Crippen LogP contribution in [0.2, 0.25) is 0 Å². The molecule has 0 N–H and O–H groups in total. The van der Waals surface area contributed by atoms with Gasteiger partial charge in [-0.25, -0.2) is 0 Å². The molecule has 1 aliphatic heterocycles. The second kappa shape index (κ2) is 8.20. The lowest BCUT2D eigenvalue weighted by molar-refractivity contribution is -0.141. The summed E-state index contributed by atoms with van der Waals surface area (Å²) in [5, 5.41) is 0. The molecule has 28 heavy (non-hydrogen) atoms. The molecule has 1 unspecified atom stereocenters. The summed E-state index contributed by atoms with van der Waals surface area (Å²) in [6.45, 7) is 6.50. The molecule has 2 aromatic rings. The highest BCUT2D eigenvalue weighted by Crippen LogP contribution is 2.43. The predicted molar refractivity (Wildman–Crippen MR) is 106 cm³/mol. The zero-order chi connectivity index (χ0) is 20.3. The van der Waals surface area contributed by atoms with E-state index in [0.717, 1.165) is 23.0 Å². The van der Waals surface area contributed by atoms with Gasteiger partial charge in [0.2, 0.25) is 0 Å². The molecule has 6 nitrogen and oxygen atoms in total. The maximum absolute atomic E-state index is 11.3. The molecule has 0 radical (unpaired) electrons. The van der Waals surface area contributed by atoms with Crippen molar-refractivity contribution in [2.45, 2.75) is 32.7 Å². The molecule has 150 valence electrons. The molecule has 1 fully saturated rings. The van der Waals surface area contributed by atoms with Gasteiger partial charge in [-0.1, -0.05) is 18.2 Å². The zero-order valence-corrected chi connectivity index (χ0v) is 16.9. The van der Waals surface area contributed by atoms with E-state index in [1.807, 2.05) is 45.0 Å². The van der Waals surface area contributed by atoms with Gasteiger partial charge in [-0.2, -0.15) is 0 Å². The van der Waals surface area contributed by atoms with Crippen molar-refractivity contribution in [2.24, 2.45) is 0 Å². The van der Waals surface area contributed by atoms with Gasteiger partial charge in [0.1, 0.15) is 36.2 Å². The third-order valence-electron chi connectivity index (χ3n) is 4.75. The number of aldehydes is 1. The molecule has 1 heterocycles. The van der Waals surface area contributed by atoms with E-state index < -0.39 is 5.79 Å². The van der Waals surface area contributed by atoms with Gasteiger partial charge in [-0.15, -0.1) is 0 Å². The van der Waals surface area contributed by atoms with Gasteiger partial charge < -0.3 is 23.7 Å². The fourth-order valence-electron chi connectivity index (χ4n) is 3.32. The van der Waals surface area contributed by atoms with E-state index in [1.54, 1.807) is 20.3 Å². The number of rotatable bonds is 7. The van der Waals surface area contributed by atoms with Gasteiger partial charge in [-0.3, -0.25) is 4.79 Å². The number of methoxy groups -OCH3 is 2. The van der Waals surface area contributed by atoms with Crippen LogP contribution in [0.5, 0.6) is 17.2 Å². The van der Waals surface area contributed by atoms with Crippen LogP contribution in [0.1, 0.15) is 29.8 Å². The Bertz CT molecular complexity index is 833. The summed E-state index contributed by atoms with van der Waals surface area (Å²) < 4.78 is 28.5. The van der Waals surface area contributed by atoms with Crippen molar-refractivity contribution in [3.8, 4) is 28.4 Å². The number of carbonyl (C=O) groups is 1. The first kappa shape index (κ1) is 20.2. The minimum absolute atomic E-state index is 0.141. The summed E-state index contributed by atoms with van der Waals surface area (Å²) in [5.41, 5.74) is 3.14. The normalized spacial score (nSPS) is 18.0. The average molecular weight is 386 g/mol. The minimum Gasteiger partial charge on any atom is -0.496 e. The molecule has 1 atom stereocenters. The fourth-order valence-corrected chi connectivity index (χ4v) is 3.32. The van der Waals surface area contributed by atoms with E-state index in [0.29, 0.717) is 36.0 Å². The van der Waals surface area contributed by atoms with Gasteiger partial charge in [0.25, 0.3) is 0 Å². The smallest absolute Gasteiger partial charge is 0.163 e. The molecular formula is C22H26O6. The van der Waals surface area contributed by atoms with Crippen LogP contribution in [0.15, 0.2) is 30.3 Å². The minimum atomic E-state index is -0.589. The number of ether oxygens (including phenoxy) is 5. The Morgan fingerprint density at radius 1 is 1.18 bits per heavy atom. The Morgan fingerprint density at radius 2 is 1.86 bits per heavy atom. The lowest BCUT2D eigenvalue weighted by Crippen LogP contribution is -2.25. The van der Waals surface area contributed by atoms with Gasteiger partial charge in [0.05, 0.1) is 26.4 Å². The summed E-state index contributed by atoms with van der Waals surface area (Å²) in [4.78, 5) is 11.3. The largest absolute Gasteiger partial charge is 0.496 e. The van der Waals surface area contributed by atoms with Crippen molar-refractivity contribution in [1.82, 2.24) is 0 Å². The Kier molecular flexibility index (Phi) is 5.91.